The summed E-state index contributed by atoms with van der Waals surface area (Å²) in [6.45, 7) is 5.05. The molecule has 0 aliphatic rings. The van der Waals surface area contributed by atoms with Crippen molar-refractivity contribution in [1.29, 1.82) is 0 Å². The Hall–Kier alpha value is -2.71. The van der Waals surface area contributed by atoms with Gasteiger partial charge in [-0.1, -0.05) is 48.3 Å². The van der Waals surface area contributed by atoms with Gasteiger partial charge in [0, 0.05) is 40.2 Å². The zero-order chi connectivity index (χ0) is 27.1. The Morgan fingerprint density at radius 2 is 1.70 bits per heavy atom. The molecule has 1 heterocycles. The zero-order valence-corrected chi connectivity index (χ0v) is 23.2. The summed E-state index contributed by atoms with van der Waals surface area (Å²) < 4.78 is 41.2. The smallest absolute Gasteiger partial charge is 0.175 e. The fourth-order valence-corrected chi connectivity index (χ4v) is 5.67. The maximum absolute atomic E-state index is 14.8. The number of nitrogens with zero attached hydrogens (tertiary/aromatic N) is 2. The van der Waals surface area contributed by atoms with E-state index in [0.717, 1.165) is 17.5 Å². The Balaban J connectivity index is 1.76. The molecule has 0 bridgehead atoms. The van der Waals surface area contributed by atoms with Crippen LogP contribution in [0.2, 0.25) is 10.0 Å². The van der Waals surface area contributed by atoms with Crippen LogP contribution in [0.25, 0.3) is 16.8 Å². The van der Waals surface area contributed by atoms with Gasteiger partial charge >= 0.3 is 0 Å². The standard InChI is InChI=1S/C28H27Cl2FN2O3S/c1-5-22-24(31)12-19(13-25(22)37(4,35)36)17-7-10-21(11-8-17)33-16-26(28(2,3)34)32-27(33)14-18-6-9-20(29)15-23(18)30/h6-13,15-16,34H,5,14H2,1-4H3. The van der Waals surface area contributed by atoms with Gasteiger partial charge in [-0.3, -0.25) is 0 Å². The minimum atomic E-state index is -3.60. The van der Waals surface area contributed by atoms with Crippen LogP contribution in [0.15, 0.2) is 65.7 Å². The van der Waals surface area contributed by atoms with Crippen molar-refractivity contribution in [2.75, 3.05) is 6.26 Å². The lowest BCUT2D eigenvalue weighted by atomic mass is 10.0. The summed E-state index contributed by atoms with van der Waals surface area (Å²) in [4.78, 5) is 4.67. The van der Waals surface area contributed by atoms with Crippen molar-refractivity contribution in [2.45, 2.75) is 44.1 Å². The van der Waals surface area contributed by atoms with Crippen LogP contribution < -0.4 is 0 Å². The Bertz CT molecular complexity index is 1570. The first kappa shape index (κ1) is 27.3. The van der Waals surface area contributed by atoms with Gasteiger partial charge in [0.15, 0.2) is 9.84 Å². The van der Waals surface area contributed by atoms with Gasteiger partial charge in [-0.15, -0.1) is 0 Å². The predicted octanol–water partition coefficient (Wildman–Crippen LogP) is 6.77. The largest absolute Gasteiger partial charge is 0.384 e. The quantitative estimate of drug-likeness (QED) is 0.270. The zero-order valence-electron chi connectivity index (χ0n) is 20.9. The molecule has 3 aromatic carbocycles. The van der Waals surface area contributed by atoms with E-state index in [1.807, 2.05) is 22.8 Å². The van der Waals surface area contributed by atoms with Gasteiger partial charge in [-0.05, 0) is 73.4 Å². The van der Waals surface area contributed by atoms with Crippen molar-refractivity contribution >= 4 is 33.0 Å². The van der Waals surface area contributed by atoms with Crippen LogP contribution in [0.1, 0.15) is 43.4 Å². The number of halogens is 3. The van der Waals surface area contributed by atoms with Crippen LogP contribution in [0.5, 0.6) is 0 Å². The summed E-state index contributed by atoms with van der Waals surface area (Å²) in [5.41, 5.74) is 2.25. The van der Waals surface area contributed by atoms with Crippen LogP contribution >= 0.6 is 23.2 Å². The minimum absolute atomic E-state index is 0.000588. The lowest BCUT2D eigenvalue weighted by molar-refractivity contribution is 0.0741. The van der Waals surface area contributed by atoms with E-state index in [0.29, 0.717) is 39.1 Å². The number of imidazole rings is 1. The van der Waals surface area contributed by atoms with Gasteiger partial charge in [-0.25, -0.2) is 17.8 Å². The van der Waals surface area contributed by atoms with Crippen LogP contribution in [0.4, 0.5) is 4.39 Å². The average molecular weight is 562 g/mol. The molecule has 0 saturated heterocycles. The predicted molar refractivity (Wildman–Crippen MR) is 146 cm³/mol. The molecule has 4 aromatic rings. The first-order valence-corrected chi connectivity index (χ1v) is 14.3. The van der Waals surface area contributed by atoms with E-state index in [1.165, 1.54) is 12.1 Å². The number of sulfone groups is 1. The summed E-state index contributed by atoms with van der Waals surface area (Å²) in [6, 6.07) is 15.4. The minimum Gasteiger partial charge on any atom is -0.384 e. The maximum atomic E-state index is 14.8. The molecule has 0 fully saturated rings. The van der Waals surface area contributed by atoms with Gasteiger partial charge in [0.05, 0.1) is 10.6 Å². The third-order valence-corrected chi connectivity index (χ3v) is 7.91. The Kier molecular flexibility index (Phi) is 7.55. The van der Waals surface area contributed by atoms with Crippen LogP contribution in [-0.4, -0.2) is 29.3 Å². The second kappa shape index (κ2) is 10.2. The molecule has 194 valence electrons. The molecule has 0 spiro atoms. The number of aromatic nitrogens is 2. The second-order valence-electron chi connectivity index (χ2n) is 9.49. The van der Waals surface area contributed by atoms with Gasteiger partial charge in [0.2, 0.25) is 0 Å². The topological polar surface area (TPSA) is 72.2 Å². The first-order chi connectivity index (χ1) is 17.3. The fourth-order valence-electron chi connectivity index (χ4n) is 4.16. The highest BCUT2D eigenvalue weighted by Gasteiger charge is 2.23. The summed E-state index contributed by atoms with van der Waals surface area (Å²) >= 11 is 12.4. The Morgan fingerprint density at radius 1 is 1.03 bits per heavy atom. The molecular weight excluding hydrogens is 534 g/mol. The van der Waals surface area contributed by atoms with E-state index in [9.17, 15) is 17.9 Å². The molecule has 0 amide bonds. The SMILES string of the molecule is CCc1c(F)cc(-c2ccc(-n3cc(C(C)(C)O)nc3Cc3ccc(Cl)cc3Cl)cc2)cc1S(C)(=O)=O. The van der Waals surface area contributed by atoms with Gasteiger partial charge in [-0.2, -0.15) is 0 Å². The number of aliphatic hydroxyl groups is 1. The molecule has 1 N–H and O–H groups in total. The molecule has 37 heavy (non-hydrogen) atoms. The Morgan fingerprint density at radius 3 is 2.27 bits per heavy atom. The van der Waals surface area contributed by atoms with Crippen molar-refractivity contribution in [1.82, 2.24) is 9.55 Å². The number of hydrogen-bond acceptors (Lipinski definition) is 4. The normalized spacial score (nSPS) is 12.2. The molecule has 0 unspecified atom stereocenters. The van der Waals surface area contributed by atoms with E-state index < -0.39 is 21.3 Å². The molecule has 4 rings (SSSR count). The monoisotopic (exact) mass is 560 g/mol. The first-order valence-electron chi connectivity index (χ1n) is 11.7. The molecule has 0 saturated carbocycles. The summed E-state index contributed by atoms with van der Waals surface area (Å²) in [6.07, 6.45) is 3.53. The molecule has 0 radical (unpaired) electrons. The lowest BCUT2D eigenvalue weighted by Crippen LogP contribution is -2.15. The number of rotatable bonds is 7. The van der Waals surface area contributed by atoms with E-state index in [1.54, 1.807) is 51.2 Å². The highest BCUT2D eigenvalue weighted by Crippen LogP contribution is 2.31. The lowest BCUT2D eigenvalue weighted by Gasteiger charge is -2.13. The summed E-state index contributed by atoms with van der Waals surface area (Å²) in [5, 5.41) is 11.6. The van der Waals surface area contributed by atoms with E-state index in [-0.39, 0.29) is 16.9 Å². The molecule has 0 aliphatic carbocycles. The van der Waals surface area contributed by atoms with Crippen LogP contribution in [0.3, 0.4) is 0 Å². The summed E-state index contributed by atoms with van der Waals surface area (Å²) in [7, 11) is -3.60. The highest BCUT2D eigenvalue weighted by atomic mass is 35.5. The van der Waals surface area contributed by atoms with Crippen LogP contribution in [-0.2, 0) is 28.3 Å². The molecule has 5 nitrogen and oxygen atoms in total. The molecule has 0 aliphatic heterocycles. The molecule has 0 atom stereocenters. The van der Waals surface area contributed by atoms with Gasteiger partial charge < -0.3 is 9.67 Å². The van der Waals surface area contributed by atoms with Gasteiger partial charge in [0.25, 0.3) is 0 Å². The third-order valence-electron chi connectivity index (χ3n) is 6.16. The van der Waals surface area contributed by atoms with Crippen molar-refractivity contribution in [2.24, 2.45) is 0 Å². The average Bonchev–Trinajstić information content (AvgIpc) is 3.24. The second-order valence-corrected chi connectivity index (χ2v) is 12.3. The Labute approximate surface area is 226 Å². The number of hydrogen-bond donors (Lipinski definition) is 1. The van der Waals surface area contributed by atoms with E-state index in [2.05, 4.69) is 4.98 Å². The summed E-state index contributed by atoms with van der Waals surface area (Å²) in [5.74, 6) is 0.114. The van der Waals surface area contributed by atoms with Crippen molar-refractivity contribution < 1.29 is 17.9 Å². The molecule has 9 heteroatoms. The van der Waals surface area contributed by atoms with E-state index in [4.69, 9.17) is 23.2 Å². The number of benzene rings is 3. The molecule has 1 aromatic heterocycles. The maximum Gasteiger partial charge on any atom is 0.175 e. The van der Waals surface area contributed by atoms with E-state index >= 15 is 0 Å². The third kappa shape index (κ3) is 5.91. The van der Waals surface area contributed by atoms with Crippen molar-refractivity contribution in [3.63, 3.8) is 0 Å². The van der Waals surface area contributed by atoms with Crippen molar-refractivity contribution in [3.8, 4) is 16.8 Å². The fraction of sp³-hybridized carbons (Fsp3) is 0.250. The van der Waals surface area contributed by atoms with Crippen molar-refractivity contribution in [3.05, 3.63) is 99.3 Å². The van der Waals surface area contributed by atoms with Crippen LogP contribution in [0, 0.1) is 5.82 Å². The molecular formula is C28H27Cl2FN2O3S. The highest BCUT2D eigenvalue weighted by molar-refractivity contribution is 7.90. The van der Waals surface area contributed by atoms with Gasteiger partial charge in [0.1, 0.15) is 17.2 Å².